The Bertz CT molecular complexity index is 1450. The van der Waals surface area contributed by atoms with Crippen LogP contribution in [0.3, 0.4) is 0 Å². The highest BCUT2D eigenvalue weighted by Crippen LogP contribution is 2.48. The van der Waals surface area contributed by atoms with Crippen molar-refractivity contribution in [1.82, 2.24) is 0 Å². The van der Waals surface area contributed by atoms with Gasteiger partial charge >= 0.3 is 0 Å². The van der Waals surface area contributed by atoms with E-state index < -0.39 is 166 Å². The van der Waals surface area contributed by atoms with Crippen molar-refractivity contribution in [2.45, 2.75) is 274 Å². The van der Waals surface area contributed by atoms with E-state index in [1.165, 1.54) is 13.8 Å². The maximum atomic E-state index is 13.6. The van der Waals surface area contributed by atoms with Crippen molar-refractivity contribution >= 4 is 0 Å². The fraction of sp³-hybridized carbons (Fsp3) is 1.00. The molecular weight excluding hydrogens is 1050 g/mol. The zero-order valence-electron chi connectivity index (χ0n) is 41.9. The second kappa shape index (κ2) is 28.5. The molecule has 0 rings (SSSR count). The maximum Gasteiger partial charge on any atom is 0.259 e. The Balaban J connectivity index is -0.000000995. The largest absolute Gasteiger partial charge is 0.259 e. The van der Waals surface area contributed by atoms with Gasteiger partial charge in [0.05, 0.1) is 64.2 Å². The van der Waals surface area contributed by atoms with Gasteiger partial charge in [-0.2, -0.15) is 0 Å². The number of rotatable bonds is 34. The first-order valence-corrected chi connectivity index (χ1v) is 23.2. The van der Waals surface area contributed by atoms with Gasteiger partial charge in [0, 0.05) is 19.3 Å². The zero-order valence-corrected chi connectivity index (χ0v) is 41.9. The number of alkyl halides is 26. The van der Waals surface area contributed by atoms with Crippen LogP contribution in [0, 0.1) is 17.8 Å². The lowest BCUT2D eigenvalue weighted by atomic mass is 9.94. The first kappa shape index (κ1) is 74.4. The molecule has 0 radical (unpaired) electrons. The lowest BCUT2D eigenvalue weighted by molar-refractivity contribution is -0.192. The molecule has 0 atom stereocenters. The average Bonchev–Trinajstić information content (AvgIpc) is 2.95. The molecule has 0 unspecified atom stereocenters. The number of unbranched alkanes of at least 4 members (excludes halogenated alkanes) is 4. The highest BCUT2D eigenvalue weighted by atomic mass is 19.3. The van der Waals surface area contributed by atoms with Gasteiger partial charge in [0.15, 0.2) is 0 Å². The average molecular weight is 1120 g/mol. The van der Waals surface area contributed by atoms with Gasteiger partial charge in [-0.1, -0.05) is 80.1 Å². The summed E-state index contributed by atoms with van der Waals surface area (Å²) in [5, 5.41) is 0. The van der Waals surface area contributed by atoms with Crippen molar-refractivity contribution < 1.29 is 114 Å². The predicted molar refractivity (Wildman–Crippen MR) is 223 cm³/mol. The molecule has 0 aliphatic carbocycles. The predicted octanol–water partition coefficient (Wildman–Crippen LogP) is 21.4. The molecular formula is C46H72F26. The van der Waals surface area contributed by atoms with Crippen molar-refractivity contribution in [1.29, 1.82) is 0 Å². The third-order valence-corrected chi connectivity index (χ3v) is 9.68. The van der Waals surface area contributed by atoms with Crippen molar-refractivity contribution in [3.63, 3.8) is 0 Å². The van der Waals surface area contributed by atoms with Crippen LogP contribution in [-0.2, 0) is 0 Å². The highest BCUT2D eigenvalue weighted by molar-refractivity contribution is 4.89. The van der Waals surface area contributed by atoms with Crippen LogP contribution in [0.5, 0.6) is 0 Å². The number of hydrogen-bond acceptors (Lipinski definition) is 0. The van der Waals surface area contributed by atoms with Crippen molar-refractivity contribution in [2.75, 3.05) is 0 Å². The van der Waals surface area contributed by atoms with Crippen LogP contribution in [0.4, 0.5) is 114 Å². The van der Waals surface area contributed by atoms with E-state index in [1.54, 1.807) is 13.8 Å². The molecule has 0 bridgehead atoms. The molecule has 438 valence electrons. The Morgan fingerprint density at radius 1 is 0.222 bits per heavy atom. The number of halogens is 26. The second-order valence-electron chi connectivity index (χ2n) is 21.1. The van der Waals surface area contributed by atoms with Crippen LogP contribution < -0.4 is 0 Å². The molecule has 0 nitrogen and oxygen atoms in total. The molecule has 0 N–H and O–H groups in total. The quantitative estimate of drug-likeness (QED) is 0.0445. The molecule has 26 heteroatoms. The van der Waals surface area contributed by atoms with E-state index >= 15 is 0 Å². The first-order chi connectivity index (χ1) is 31.3. The highest BCUT2D eigenvalue weighted by Gasteiger charge is 2.56. The Morgan fingerprint density at radius 3 is 0.694 bits per heavy atom. The SMILES string of the molecule is CC(C)CC(F)(F)CC(F)(F)CC(F)(F)CC(F)(F)CC(C)(F)F.CC(C)CCCC(F)(F)CC(F)(F)CC(F)(F)CC(C)(F)F.CC(C)CCCCCCCC(F)(F)CC(F)(F)CC(F)(F)CC(C)(F)F. The zero-order chi connectivity index (χ0) is 58.1. The molecule has 0 amide bonds. The monoisotopic (exact) mass is 1120 g/mol. The standard InChI is InChI=1S/C18H30F8.C14H20F10.C14H22F8/c1-14(2)9-7-5-4-6-8-10-16(21,22)12-18(25,26)13-17(23,24)11-15(3,19)20;1-9(2)4-11(17,18)6-13(21,22)8-14(23,24)7-12(19,20)5-10(3,15)16;1-10(2)5-4-6-12(17,18)8-14(21,22)9-13(19,20)7-11(3,15)16/h14H,4-13H2,1-3H3;9H,4-8H2,1-3H3;10H,4-9H2,1-3H3. The smallest absolute Gasteiger partial charge is 0.207 e. The lowest BCUT2D eigenvalue weighted by Crippen LogP contribution is -2.40. The molecule has 0 aliphatic rings. The molecule has 0 spiro atoms. The van der Waals surface area contributed by atoms with Crippen LogP contribution in [0.15, 0.2) is 0 Å². The van der Waals surface area contributed by atoms with Gasteiger partial charge in [-0.15, -0.1) is 0 Å². The fourth-order valence-electron chi connectivity index (χ4n) is 7.53. The molecule has 0 aromatic rings. The van der Waals surface area contributed by atoms with Crippen molar-refractivity contribution in [3.05, 3.63) is 0 Å². The second-order valence-corrected chi connectivity index (χ2v) is 21.1. The van der Waals surface area contributed by atoms with E-state index in [2.05, 4.69) is 13.8 Å². The fourth-order valence-corrected chi connectivity index (χ4v) is 7.53. The van der Waals surface area contributed by atoms with E-state index in [4.69, 9.17) is 0 Å². The van der Waals surface area contributed by atoms with Crippen molar-refractivity contribution in [2.24, 2.45) is 17.8 Å². The molecule has 72 heavy (non-hydrogen) atoms. The minimum absolute atomic E-state index is 0.00975. The molecule has 0 aromatic heterocycles. The van der Waals surface area contributed by atoms with E-state index in [0.717, 1.165) is 19.3 Å². The summed E-state index contributed by atoms with van der Waals surface area (Å²) >= 11 is 0. The van der Waals surface area contributed by atoms with Gasteiger partial charge < -0.3 is 0 Å². The third kappa shape index (κ3) is 46.7. The summed E-state index contributed by atoms with van der Waals surface area (Å²) in [6.45, 7) is 10.7. The Morgan fingerprint density at radius 2 is 0.431 bits per heavy atom. The minimum Gasteiger partial charge on any atom is -0.207 e. The molecule has 0 saturated heterocycles. The van der Waals surface area contributed by atoms with Gasteiger partial charge in [-0.3, -0.25) is 0 Å². The van der Waals surface area contributed by atoms with Gasteiger partial charge in [0.25, 0.3) is 77.0 Å². The molecule has 0 fully saturated rings. The van der Waals surface area contributed by atoms with E-state index in [1.807, 2.05) is 0 Å². The summed E-state index contributed by atoms with van der Waals surface area (Å²) in [5.41, 5.74) is 0. The van der Waals surface area contributed by atoms with Crippen LogP contribution in [0.2, 0.25) is 0 Å². The molecule has 0 aliphatic heterocycles. The molecule has 0 heterocycles. The Labute approximate surface area is 405 Å². The lowest BCUT2D eigenvalue weighted by Gasteiger charge is -2.30. The van der Waals surface area contributed by atoms with E-state index in [9.17, 15) is 114 Å². The van der Waals surface area contributed by atoms with Gasteiger partial charge in [-0.25, -0.2) is 114 Å². The summed E-state index contributed by atoms with van der Waals surface area (Å²) in [4.78, 5) is 0. The van der Waals surface area contributed by atoms with Crippen LogP contribution in [0.25, 0.3) is 0 Å². The number of hydrogen-bond donors (Lipinski definition) is 0. The van der Waals surface area contributed by atoms with Crippen LogP contribution in [-0.4, -0.2) is 77.0 Å². The van der Waals surface area contributed by atoms with Crippen LogP contribution >= 0.6 is 0 Å². The Kier molecular flexibility index (Phi) is 29.5. The summed E-state index contributed by atoms with van der Waals surface area (Å²) in [7, 11) is 0. The summed E-state index contributed by atoms with van der Waals surface area (Å²) in [6, 6.07) is 0. The topological polar surface area (TPSA) is 0 Å². The normalized spacial score (nSPS) is 14.8. The summed E-state index contributed by atoms with van der Waals surface area (Å²) in [6.07, 6.45) is -20.6. The minimum atomic E-state index is -4.77. The molecule has 0 aromatic carbocycles. The van der Waals surface area contributed by atoms with E-state index in [0.29, 0.717) is 25.2 Å². The van der Waals surface area contributed by atoms with Gasteiger partial charge in [0.1, 0.15) is 0 Å². The Hall–Kier alpha value is -1.82. The van der Waals surface area contributed by atoms with Gasteiger partial charge in [-0.05, 0) is 51.4 Å². The van der Waals surface area contributed by atoms with Gasteiger partial charge in [0.2, 0.25) is 0 Å². The first-order valence-electron chi connectivity index (χ1n) is 23.2. The van der Waals surface area contributed by atoms with E-state index in [-0.39, 0.29) is 39.5 Å². The third-order valence-electron chi connectivity index (χ3n) is 9.68. The van der Waals surface area contributed by atoms with Crippen LogP contribution in [0.1, 0.15) is 197 Å². The maximum absolute atomic E-state index is 13.6. The summed E-state index contributed by atoms with van der Waals surface area (Å²) < 4.78 is 343. The van der Waals surface area contributed by atoms with Crippen molar-refractivity contribution in [3.8, 4) is 0 Å². The summed E-state index contributed by atoms with van der Waals surface area (Å²) in [5.74, 6) is -54.9. The molecule has 0 saturated carbocycles.